The van der Waals surface area contributed by atoms with Gasteiger partial charge in [-0.15, -0.1) is 0 Å². The second-order valence-electron chi connectivity index (χ2n) is 44.4. The molecule has 0 bridgehead atoms. The zero-order valence-electron chi connectivity index (χ0n) is 93.8. The minimum absolute atomic E-state index is 0.0000784. The number of aliphatic hydroxyl groups is 1. The predicted molar refractivity (Wildman–Crippen MR) is 584 cm³/mol. The zero-order chi connectivity index (χ0) is 100. The molecule has 2 heterocycles. The number of nitrogens with zero attached hydrogens (tertiary/aromatic N) is 2. The van der Waals surface area contributed by atoms with Crippen LogP contribution in [0.3, 0.4) is 0 Å². The van der Waals surface area contributed by atoms with E-state index in [1.165, 1.54) is 398 Å². The number of esters is 5. The second-order valence-corrected chi connectivity index (χ2v) is 44.4. The highest BCUT2D eigenvalue weighted by atomic mass is 16.6. The molecule has 5 atom stereocenters. The number of amides is 1. The van der Waals surface area contributed by atoms with E-state index in [-0.39, 0.29) is 47.8 Å². The van der Waals surface area contributed by atoms with Crippen LogP contribution in [0, 0.1) is 47.3 Å². The van der Waals surface area contributed by atoms with Crippen LogP contribution in [0.15, 0.2) is 0 Å². The Labute approximate surface area is 851 Å². The molecule has 2 fully saturated rings. The van der Waals surface area contributed by atoms with Gasteiger partial charge in [-0.1, -0.05) is 467 Å². The van der Waals surface area contributed by atoms with Crippen molar-refractivity contribution in [3.63, 3.8) is 0 Å². The van der Waals surface area contributed by atoms with Crippen LogP contribution in [0.5, 0.6) is 0 Å². The molecule has 0 spiro atoms. The molecule has 1 N–H and O–H groups in total. The van der Waals surface area contributed by atoms with Crippen LogP contribution in [0.1, 0.15) is 622 Å². The minimum Gasteiger partial charge on any atom is -0.466 e. The minimum atomic E-state index is -0.522. The second kappa shape index (κ2) is 101. The summed E-state index contributed by atoms with van der Waals surface area (Å²) in [6.07, 6.45) is 101. The van der Waals surface area contributed by atoms with Crippen LogP contribution >= 0.6 is 0 Å². The Bertz CT molecular complexity index is 2570. The summed E-state index contributed by atoms with van der Waals surface area (Å²) < 4.78 is 34.4. The average Bonchev–Trinajstić information content (AvgIpc) is 1.78. The maximum absolute atomic E-state index is 13.2. The first-order valence-electron chi connectivity index (χ1n) is 60.8. The molecular formula is C122H236N2O13. The molecule has 0 saturated carbocycles. The lowest BCUT2D eigenvalue weighted by atomic mass is 9.92. The highest BCUT2D eigenvalue weighted by molar-refractivity contribution is 5.73. The van der Waals surface area contributed by atoms with Gasteiger partial charge in [0, 0.05) is 39.0 Å². The average molecular weight is 1940 g/mol. The molecule has 0 aliphatic carbocycles. The van der Waals surface area contributed by atoms with E-state index in [1.54, 1.807) is 4.90 Å². The Morgan fingerprint density at radius 2 is 0.489 bits per heavy atom. The van der Waals surface area contributed by atoms with Crippen LogP contribution in [0.25, 0.3) is 0 Å². The van der Waals surface area contributed by atoms with E-state index in [0.29, 0.717) is 102 Å². The van der Waals surface area contributed by atoms with Crippen molar-refractivity contribution in [1.29, 1.82) is 0 Å². The highest BCUT2D eigenvalue weighted by Crippen LogP contribution is 2.31. The molecular weight excluding hydrogens is 1700 g/mol. The number of carbonyl (C=O) groups is 6. The third-order valence-electron chi connectivity index (χ3n) is 30.0. The molecule has 15 nitrogen and oxygen atoms in total. The van der Waals surface area contributed by atoms with E-state index < -0.39 is 5.60 Å². The molecule has 2 aliphatic rings. The van der Waals surface area contributed by atoms with Crippen molar-refractivity contribution in [2.75, 3.05) is 72.9 Å². The SMILES string of the molecule is CCCCCCCCCCC(CCCCCCCCC(=O)OCCC(CCCCC)CCCCC)COC(=O)C1CCCN(C(=O)OC(C)(C)C)CC1.CCCCCCCCCCC(CCCCCCCCC(=O)OCCC(CCCCC)CCCCC)COC(=O)C1CCCN(C)CC1.CCCCCCCCCCC(CO)CCCCCCCCC(=O)OCCC(CCCCC)CCCCC. The fourth-order valence-corrected chi connectivity index (χ4v) is 20.5. The van der Waals surface area contributed by atoms with Crippen LogP contribution in [0.4, 0.5) is 4.79 Å². The van der Waals surface area contributed by atoms with Crippen molar-refractivity contribution in [3.8, 4) is 0 Å². The standard InChI is InChI=1S/C46H87NO6.C42H81NO4.C34H68O3/c1-7-10-13-14-15-16-19-24-30-41(39-52-44(49)42-32-27-36-47(37-34-42)45(50)53-46(4,5)6)31-25-20-17-18-21-26-33-43(48)51-38-35-40(28-22-11-8-2)29-23-12-9-3;1-5-8-11-12-13-14-17-22-28-39(37-47-42(45)40-30-25-34-43(4)35-32-40)29-23-18-15-16-19-24-31-41(44)46-36-33-38(26-20-9-6-2)27-21-10-7-3;1-4-7-10-11-12-13-16-21-26-33(31-35)27-22-17-14-15-18-23-28-34(36)37-30-29-32(24-19-8-5-2)25-20-9-6-3/h40-42H,7-39H2,1-6H3;38-40H,5-37H2,1-4H3;32-33,35H,4-31H2,1-3H3. The summed E-state index contributed by atoms with van der Waals surface area (Å²) in [6, 6.07) is 0. The van der Waals surface area contributed by atoms with Crippen LogP contribution in [0.2, 0.25) is 0 Å². The van der Waals surface area contributed by atoms with Crippen molar-refractivity contribution in [2.24, 2.45) is 47.3 Å². The van der Waals surface area contributed by atoms with E-state index in [9.17, 15) is 33.9 Å². The number of hydrogen-bond acceptors (Lipinski definition) is 14. The number of aliphatic hydroxyl groups excluding tert-OH is 1. The van der Waals surface area contributed by atoms with E-state index >= 15 is 0 Å². The number of rotatable bonds is 94. The lowest BCUT2D eigenvalue weighted by Crippen LogP contribution is -2.37. The number of unbranched alkanes of at least 4 members (excludes halogenated alkanes) is 48. The molecule has 0 aromatic rings. The van der Waals surface area contributed by atoms with Crippen molar-refractivity contribution < 1.29 is 62.3 Å². The summed E-state index contributed by atoms with van der Waals surface area (Å²) in [6.45, 7) is 32.6. The maximum atomic E-state index is 13.2. The van der Waals surface area contributed by atoms with Crippen molar-refractivity contribution in [3.05, 3.63) is 0 Å². The van der Waals surface area contributed by atoms with Gasteiger partial charge in [0.05, 0.1) is 44.9 Å². The van der Waals surface area contributed by atoms with Crippen LogP contribution in [-0.2, 0) is 52.4 Å². The molecule has 15 heteroatoms. The van der Waals surface area contributed by atoms with Gasteiger partial charge in [-0.3, -0.25) is 24.0 Å². The fourth-order valence-electron chi connectivity index (χ4n) is 20.5. The summed E-state index contributed by atoms with van der Waals surface area (Å²) >= 11 is 0. The molecule has 2 rings (SSSR count). The maximum Gasteiger partial charge on any atom is 0.410 e. The van der Waals surface area contributed by atoms with E-state index in [4.69, 9.17) is 28.4 Å². The molecule has 0 aromatic heterocycles. The van der Waals surface area contributed by atoms with Gasteiger partial charge in [-0.25, -0.2) is 4.79 Å². The monoisotopic (exact) mass is 1940 g/mol. The first-order chi connectivity index (χ1) is 66.8. The van der Waals surface area contributed by atoms with Gasteiger partial charge < -0.3 is 43.3 Å². The molecule has 0 aromatic carbocycles. The largest absolute Gasteiger partial charge is 0.466 e. The van der Waals surface area contributed by atoms with Gasteiger partial charge >= 0.3 is 35.9 Å². The van der Waals surface area contributed by atoms with Crippen LogP contribution < -0.4 is 0 Å². The topological polar surface area (TPSA) is 185 Å². The third-order valence-corrected chi connectivity index (χ3v) is 30.0. The summed E-state index contributed by atoms with van der Waals surface area (Å²) in [5.41, 5.74) is -0.522. The smallest absolute Gasteiger partial charge is 0.410 e. The lowest BCUT2D eigenvalue weighted by molar-refractivity contribution is -0.151. The van der Waals surface area contributed by atoms with E-state index in [0.717, 1.165) is 141 Å². The Morgan fingerprint density at radius 3 is 0.759 bits per heavy atom. The molecule has 812 valence electrons. The molecule has 2 aliphatic heterocycles. The van der Waals surface area contributed by atoms with Crippen LogP contribution in [-0.4, -0.2) is 129 Å². The Hall–Kier alpha value is -3.46. The molecule has 5 unspecified atom stereocenters. The van der Waals surface area contributed by atoms with Gasteiger partial charge in [-0.05, 0) is 192 Å². The van der Waals surface area contributed by atoms with E-state index in [1.807, 2.05) is 20.8 Å². The Morgan fingerprint density at radius 1 is 0.263 bits per heavy atom. The van der Waals surface area contributed by atoms with Crippen molar-refractivity contribution >= 4 is 35.9 Å². The first kappa shape index (κ1) is 134. The molecule has 2 saturated heterocycles. The molecule has 1 amide bonds. The van der Waals surface area contributed by atoms with Gasteiger partial charge in [0.25, 0.3) is 0 Å². The Kier molecular flexibility index (Phi) is 98.6. The number of carbonyl (C=O) groups excluding carboxylic acids is 6. The lowest BCUT2D eigenvalue weighted by Gasteiger charge is -2.26. The van der Waals surface area contributed by atoms with Gasteiger partial charge in [0.15, 0.2) is 0 Å². The fraction of sp³-hybridized carbons (Fsp3) is 0.951. The molecule has 137 heavy (non-hydrogen) atoms. The van der Waals surface area contributed by atoms with Crippen molar-refractivity contribution in [1.82, 2.24) is 9.80 Å². The number of likely N-dealkylation sites (tertiary alicyclic amines) is 2. The van der Waals surface area contributed by atoms with E-state index in [2.05, 4.69) is 74.3 Å². The van der Waals surface area contributed by atoms with Crippen molar-refractivity contribution in [2.45, 2.75) is 628 Å². The number of hydrogen-bond donors (Lipinski definition) is 1. The summed E-state index contributed by atoms with van der Waals surface area (Å²) in [7, 11) is 2.16. The van der Waals surface area contributed by atoms with Gasteiger partial charge in [0.1, 0.15) is 5.60 Å². The quantitative estimate of drug-likeness (QED) is 0.0344. The third kappa shape index (κ3) is 89.9. The van der Waals surface area contributed by atoms with Gasteiger partial charge in [0.2, 0.25) is 0 Å². The summed E-state index contributed by atoms with van der Waals surface area (Å²) in [5, 5.41) is 9.70. The zero-order valence-corrected chi connectivity index (χ0v) is 93.8. The number of ether oxygens (including phenoxy) is 6. The normalized spacial score (nSPS) is 15.0. The predicted octanol–water partition coefficient (Wildman–Crippen LogP) is 36.7. The summed E-state index contributed by atoms with van der Waals surface area (Å²) in [4.78, 5) is 79.6. The van der Waals surface area contributed by atoms with Gasteiger partial charge in [-0.2, -0.15) is 0 Å². The molecule has 0 radical (unpaired) electrons. The Balaban J connectivity index is 0.00000206. The first-order valence-corrected chi connectivity index (χ1v) is 60.8. The highest BCUT2D eigenvalue weighted by Gasteiger charge is 2.31. The summed E-state index contributed by atoms with van der Waals surface area (Å²) in [5.74, 6) is 3.47.